The molecule has 10 heteroatoms. The van der Waals surface area contributed by atoms with Gasteiger partial charge in [-0.05, 0) is 36.2 Å². The van der Waals surface area contributed by atoms with Gasteiger partial charge in [-0.15, -0.1) is 15.3 Å². The second-order valence-corrected chi connectivity index (χ2v) is 7.01. The Bertz CT molecular complexity index is 1060. The molecule has 0 bridgehead atoms. The lowest BCUT2D eigenvalue weighted by molar-refractivity contribution is -0.146. The van der Waals surface area contributed by atoms with E-state index in [1.807, 2.05) is 17.0 Å². The fourth-order valence-corrected chi connectivity index (χ4v) is 3.42. The van der Waals surface area contributed by atoms with Crippen LogP contribution < -0.4 is 4.90 Å². The van der Waals surface area contributed by atoms with Gasteiger partial charge in [0.15, 0.2) is 5.65 Å². The predicted molar refractivity (Wildman–Crippen MR) is 99.2 cm³/mol. The van der Waals surface area contributed by atoms with E-state index in [9.17, 15) is 13.2 Å². The second kappa shape index (κ2) is 7.33. The molecule has 1 saturated heterocycles. The average Bonchev–Trinajstić information content (AvgIpc) is 3.14. The van der Waals surface area contributed by atoms with Crippen LogP contribution in [0.4, 0.5) is 19.0 Å². The lowest BCUT2D eigenvalue weighted by atomic mass is 10.1. The molecule has 0 amide bonds. The molecule has 0 spiro atoms. The minimum absolute atomic E-state index is 0.112. The third-order valence-corrected chi connectivity index (χ3v) is 4.98. The minimum atomic E-state index is -4.61. The van der Waals surface area contributed by atoms with Gasteiger partial charge >= 0.3 is 6.18 Å². The molecule has 0 atom stereocenters. The maximum Gasteiger partial charge on any atom is 0.453 e. The summed E-state index contributed by atoms with van der Waals surface area (Å²) in [4.78, 5) is 4.24. The van der Waals surface area contributed by atoms with Crippen molar-refractivity contribution in [2.75, 3.05) is 31.1 Å². The highest BCUT2D eigenvalue weighted by molar-refractivity contribution is 5.53. The summed E-state index contributed by atoms with van der Waals surface area (Å²) in [5, 5.41) is 19.9. The second-order valence-electron chi connectivity index (χ2n) is 7.01. The van der Waals surface area contributed by atoms with Crippen LogP contribution in [0, 0.1) is 18.3 Å². The Morgan fingerprint density at radius 1 is 1.07 bits per heavy atom. The molecule has 0 radical (unpaired) electrons. The first-order chi connectivity index (χ1) is 13.8. The molecule has 0 N–H and O–H groups in total. The van der Waals surface area contributed by atoms with Gasteiger partial charge in [0.2, 0.25) is 0 Å². The van der Waals surface area contributed by atoms with Gasteiger partial charge in [-0.2, -0.15) is 22.9 Å². The number of anilines is 1. The van der Waals surface area contributed by atoms with Crippen LogP contribution in [0.2, 0.25) is 0 Å². The largest absolute Gasteiger partial charge is 0.453 e. The van der Waals surface area contributed by atoms with Gasteiger partial charge in [-0.25, -0.2) is 0 Å². The molecule has 7 nitrogen and oxygen atoms in total. The fourth-order valence-electron chi connectivity index (χ4n) is 3.42. The first kappa shape index (κ1) is 19.1. The molecule has 1 aliphatic heterocycles. The number of rotatable bonds is 3. The van der Waals surface area contributed by atoms with Crippen LogP contribution in [0.1, 0.15) is 22.5 Å². The lowest BCUT2D eigenvalue weighted by Crippen LogP contribution is -2.46. The van der Waals surface area contributed by atoms with E-state index in [0.717, 1.165) is 29.7 Å². The Morgan fingerprint density at radius 3 is 2.38 bits per heavy atom. The Labute approximate surface area is 165 Å². The van der Waals surface area contributed by atoms with Crippen LogP contribution in [0.3, 0.4) is 0 Å². The van der Waals surface area contributed by atoms with Gasteiger partial charge in [0.25, 0.3) is 5.82 Å². The van der Waals surface area contributed by atoms with Crippen LogP contribution >= 0.6 is 0 Å². The summed E-state index contributed by atoms with van der Waals surface area (Å²) in [5.41, 5.74) is 2.45. The Hall–Kier alpha value is -3.19. The summed E-state index contributed by atoms with van der Waals surface area (Å²) in [6, 6.07) is 11.3. The summed E-state index contributed by atoms with van der Waals surface area (Å²) in [6.07, 6.45) is -4.61. The topological polar surface area (TPSA) is 73.3 Å². The highest BCUT2D eigenvalue weighted by Crippen LogP contribution is 2.29. The third-order valence-electron chi connectivity index (χ3n) is 4.98. The summed E-state index contributed by atoms with van der Waals surface area (Å²) >= 11 is 0. The van der Waals surface area contributed by atoms with Gasteiger partial charge in [0.1, 0.15) is 5.82 Å². The van der Waals surface area contributed by atoms with Crippen molar-refractivity contribution in [3.8, 4) is 6.07 Å². The number of aromatic nitrogens is 4. The van der Waals surface area contributed by atoms with E-state index >= 15 is 0 Å². The van der Waals surface area contributed by atoms with Crippen molar-refractivity contribution in [2.45, 2.75) is 19.6 Å². The van der Waals surface area contributed by atoms with Crippen molar-refractivity contribution in [1.29, 1.82) is 5.26 Å². The standard InChI is InChI=1S/C19H18F3N7/c1-13-10-16(26-29-17(13)24-25-18(29)19(20,21)22)28-8-6-27(7-9-28)12-15-4-2-14(11-23)3-5-15/h2-5,10H,6-9,12H2,1H3. The van der Waals surface area contributed by atoms with Crippen LogP contribution in [-0.4, -0.2) is 50.9 Å². The predicted octanol–water partition coefficient (Wildman–Crippen LogP) is 2.65. The molecule has 2 aromatic heterocycles. The van der Waals surface area contributed by atoms with Gasteiger partial charge in [-0.1, -0.05) is 12.1 Å². The van der Waals surface area contributed by atoms with Gasteiger partial charge in [-0.3, -0.25) is 4.90 Å². The molecular weight excluding hydrogens is 383 g/mol. The molecule has 1 aliphatic rings. The van der Waals surface area contributed by atoms with E-state index in [0.29, 0.717) is 30.0 Å². The average molecular weight is 401 g/mol. The molecule has 0 saturated carbocycles. The molecule has 1 aromatic carbocycles. The minimum Gasteiger partial charge on any atom is -0.353 e. The molecule has 29 heavy (non-hydrogen) atoms. The molecule has 4 rings (SSSR count). The van der Waals surface area contributed by atoms with E-state index in [2.05, 4.69) is 26.3 Å². The van der Waals surface area contributed by atoms with Crippen LogP contribution in [0.5, 0.6) is 0 Å². The molecule has 0 unspecified atom stereocenters. The quantitative estimate of drug-likeness (QED) is 0.672. The summed E-state index contributed by atoms with van der Waals surface area (Å²) in [5.74, 6) is -0.629. The molecule has 150 valence electrons. The van der Waals surface area contributed by atoms with Crippen LogP contribution in [-0.2, 0) is 12.7 Å². The number of fused-ring (bicyclic) bond motifs is 1. The number of benzene rings is 1. The highest BCUT2D eigenvalue weighted by atomic mass is 19.4. The monoisotopic (exact) mass is 401 g/mol. The SMILES string of the molecule is Cc1cc(N2CCN(Cc3ccc(C#N)cc3)CC2)nn2c(C(F)(F)F)nnc12. The summed E-state index contributed by atoms with van der Waals surface area (Å²) in [7, 11) is 0. The smallest absolute Gasteiger partial charge is 0.353 e. The van der Waals surface area contributed by atoms with Crippen molar-refractivity contribution in [1.82, 2.24) is 24.7 Å². The van der Waals surface area contributed by atoms with E-state index < -0.39 is 12.0 Å². The van der Waals surface area contributed by atoms with Gasteiger partial charge < -0.3 is 4.90 Å². The van der Waals surface area contributed by atoms with E-state index in [-0.39, 0.29) is 5.65 Å². The molecule has 3 aromatic rings. The fraction of sp³-hybridized carbons (Fsp3) is 0.368. The number of nitriles is 1. The number of alkyl halides is 3. The van der Waals surface area contributed by atoms with Crippen molar-refractivity contribution >= 4 is 11.5 Å². The zero-order chi connectivity index (χ0) is 20.6. The van der Waals surface area contributed by atoms with Crippen molar-refractivity contribution in [2.24, 2.45) is 0 Å². The summed E-state index contributed by atoms with van der Waals surface area (Å²) in [6.45, 7) is 5.28. The van der Waals surface area contributed by atoms with E-state index in [1.54, 1.807) is 25.1 Å². The molecular formula is C19H18F3N7. The first-order valence-electron chi connectivity index (χ1n) is 9.12. The number of nitrogens with zero attached hydrogens (tertiary/aromatic N) is 7. The number of hydrogen-bond acceptors (Lipinski definition) is 6. The lowest BCUT2D eigenvalue weighted by Gasteiger charge is -2.35. The van der Waals surface area contributed by atoms with Gasteiger partial charge in [0.05, 0.1) is 11.6 Å². The van der Waals surface area contributed by atoms with Crippen LogP contribution in [0.15, 0.2) is 30.3 Å². The normalized spacial score (nSPS) is 15.6. The van der Waals surface area contributed by atoms with Gasteiger partial charge in [0, 0.05) is 32.7 Å². The van der Waals surface area contributed by atoms with Crippen molar-refractivity contribution < 1.29 is 13.2 Å². The number of piperazine rings is 1. The third kappa shape index (κ3) is 3.86. The Morgan fingerprint density at radius 2 is 1.76 bits per heavy atom. The highest BCUT2D eigenvalue weighted by Gasteiger charge is 2.38. The number of aryl methyl sites for hydroxylation is 1. The molecule has 3 heterocycles. The van der Waals surface area contributed by atoms with E-state index in [1.165, 1.54) is 0 Å². The van der Waals surface area contributed by atoms with Crippen LogP contribution in [0.25, 0.3) is 5.65 Å². The number of halogens is 3. The Kier molecular flexibility index (Phi) is 4.84. The van der Waals surface area contributed by atoms with E-state index in [4.69, 9.17) is 5.26 Å². The molecule has 0 aliphatic carbocycles. The number of hydrogen-bond donors (Lipinski definition) is 0. The maximum atomic E-state index is 13.2. The summed E-state index contributed by atoms with van der Waals surface area (Å²) < 4.78 is 40.3. The Balaban J connectivity index is 1.48. The van der Waals surface area contributed by atoms with Crippen molar-refractivity contribution in [3.05, 3.63) is 52.8 Å². The van der Waals surface area contributed by atoms with Crippen molar-refractivity contribution in [3.63, 3.8) is 0 Å². The zero-order valence-corrected chi connectivity index (χ0v) is 15.7. The maximum absolute atomic E-state index is 13.2. The first-order valence-corrected chi connectivity index (χ1v) is 9.12. The zero-order valence-electron chi connectivity index (χ0n) is 15.7. The molecule has 1 fully saturated rings.